The van der Waals surface area contributed by atoms with Crippen molar-refractivity contribution in [1.29, 1.82) is 0 Å². The number of hydrogen-bond donors (Lipinski definition) is 2. The minimum atomic E-state index is -0.211. The maximum atomic E-state index is 13.1. The highest BCUT2D eigenvalue weighted by atomic mass is 16.5. The molecule has 0 aliphatic carbocycles. The Morgan fingerprint density at radius 3 is 2.85 bits per heavy atom. The quantitative estimate of drug-likeness (QED) is 0.431. The van der Waals surface area contributed by atoms with E-state index < -0.39 is 0 Å². The lowest BCUT2D eigenvalue weighted by Crippen LogP contribution is -2.32. The molecule has 7 nitrogen and oxygen atoms in total. The summed E-state index contributed by atoms with van der Waals surface area (Å²) in [6.07, 6.45) is 2.07. The number of nitrogens with one attached hydrogen (secondary N) is 2. The van der Waals surface area contributed by atoms with Crippen molar-refractivity contribution in [2.45, 2.75) is 25.9 Å². The van der Waals surface area contributed by atoms with Crippen molar-refractivity contribution in [1.82, 2.24) is 15.3 Å². The number of para-hydroxylation sites is 1. The first-order valence-electron chi connectivity index (χ1n) is 11.3. The molecular formula is C26H27N3O4. The van der Waals surface area contributed by atoms with Gasteiger partial charge >= 0.3 is 0 Å². The standard InChI is InChI=1S/C26H27N3O4/c1-3-32-22-11-10-16(13-23(22)31-2)24-25-19(18-8-4-5-9-20(18)28-25)14-21(29-24)26(30)27-15-17-7-6-12-33-17/h4-5,8-11,13-14,17,28H,3,6-7,12,15H2,1-2H3,(H,27,30). The van der Waals surface area contributed by atoms with E-state index in [0.29, 0.717) is 36.0 Å². The van der Waals surface area contributed by atoms with Gasteiger partial charge in [0.15, 0.2) is 11.5 Å². The first kappa shape index (κ1) is 21.3. The van der Waals surface area contributed by atoms with Crippen LogP contribution >= 0.6 is 0 Å². The van der Waals surface area contributed by atoms with Crippen molar-refractivity contribution in [2.24, 2.45) is 0 Å². The Bertz CT molecular complexity index is 1310. The zero-order valence-electron chi connectivity index (χ0n) is 18.8. The van der Waals surface area contributed by atoms with Gasteiger partial charge in [0.2, 0.25) is 0 Å². The number of rotatable bonds is 7. The molecule has 0 radical (unpaired) electrons. The van der Waals surface area contributed by atoms with Gasteiger partial charge in [-0.2, -0.15) is 0 Å². The third-order valence-electron chi connectivity index (χ3n) is 5.98. The van der Waals surface area contributed by atoms with Gasteiger partial charge in [-0.3, -0.25) is 4.79 Å². The third kappa shape index (κ3) is 4.12. The van der Waals surface area contributed by atoms with Crippen molar-refractivity contribution in [3.05, 3.63) is 54.2 Å². The summed E-state index contributed by atoms with van der Waals surface area (Å²) in [5.41, 5.74) is 3.75. The zero-order valence-corrected chi connectivity index (χ0v) is 18.8. The van der Waals surface area contributed by atoms with Gasteiger partial charge < -0.3 is 24.5 Å². The molecule has 2 aromatic carbocycles. The summed E-state index contributed by atoms with van der Waals surface area (Å²) in [5, 5.41) is 4.99. The lowest BCUT2D eigenvalue weighted by atomic mass is 10.1. The lowest BCUT2D eigenvalue weighted by Gasteiger charge is -2.13. The van der Waals surface area contributed by atoms with E-state index in [1.807, 2.05) is 55.5 Å². The molecule has 1 saturated heterocycles. The van der Waals surface area contributed by atoms with Gasteiger partial charge in [-0.05, 0) is 50.1 Å². The monoisotopic (exact) mass is 445 g/mol. The number of H-pyrrole nitrogens is 1. The molecule has 33 heavy (non-hydrogen) atoms. The van der Waals surface area contributed by atoms with Crippen molar-refractivity contribution >= 4 is 27.7 Å². The number of fused-ring (bicyclic) bond motifs is 3. The normalized spacial score (nSPS) is 15.8. The maximum absolute atomic E-state index is 13.1. The van der Waals surface area contributed by atoms with Crippen molar-refractivity contribution < 1.29 is 19.0 Å². The van der Waals surface area contributed by atoms with E-state index in [4.69, 9.17) is 19.2 Å². The molecular weight excluding hydrogens is 418 g/mol. The Morgan fingerprint density at radius 1 is 1.18 bits per heavy atom. The van der Waals surface area contributed by atoms with Gasteiger partial charge in [-0.1, -0.05) is 18.2 Å². The fraction of sp³-hybridized carbons (Fsp3) is 0.308. The predicted octanol–water partition coefficient (Wildman–Crippen LogP) is 4.70. The Kier molecular flexibility index (Phi) is 5.88. The molecule has 7 heteroatoms. The molecule has 1 aliphatic rings. The molecule has 0 spiro atoms. The molecule has 0 bridgehead atoms. The van der Waals surface area contributed by atoms with E-state index in [2.05, 4.69) is 10.3 Å². The van der Waals surface area contributed by atoms with E-state index in [1.54, 1.807) is 7.11 Å². The summed E-state index contributed by atoms with van der Waals surface area (Å²) in [5.74, 6) is 1.08. The molecule has 0 saturated carbocycles. The highest BCUT2D eigenvalue weighted by molar-refractivity contribution is 6.13. The number of methoxy groups -OCH3 is 1. The molecule has 5 rings (SSSR count). The number of aromatic amines is 1. The van der Waals surface area contributed by atoms with Crippen LogP contribution in [0.15, 0.2) is 48.5 Å². The second-order valence-electron chi connectivity index (χ2n) is 8.09. The second-order valence-corrected chi connectivity index (χ2v) is 8.09. The van der Waals surface area contributed by atoms with E-state index in [9.17, 15) is 4.79 Å². The molecule has 1 unspecified atom stereocenters. The summed E-state index contributed by atoms with van der Waals surface area (Å²) in [4.78, 5) is 21.3. The average Bonchev–Trinajstić information content (AvgIpc) is 3.50. The summed E-state index contributed by atoms with van der Waals surface area (Å²) in [6.45, 7) is 3.71. The van der Waals surface area contributed by atoms with Gasteiger partial charge in [0.05, 0.1) is 31.0 Å². The number of aromatic nitrogens is 2. The Hall–Kier alpha value is -3.58. The fourth-order valence-electron chi connectivity index (χ4n) is 4.36. The van der Waals surface area contributed by atoms with Crippen molar-refractivity contribution in [3.8, 4) is 22.8 Å². The third-order valence-corrected chi connectivity index (χ3v) is 5.98. The van der Waals surface area contributed by atoms with Gasteiger partial charge in [0.1, 0.15) is 5.69 Å². The Labute approximate surface area is 192 Å². The van der Waals surface area contributed by atoms with Crippen LogP contribution in [0.5, 0.6) is 11.5 Å². The number of hydrogen-bond acceptors (Lipinski definition) is 5. The highest BCUT2D eigenvalue weighted by Gasteiger charge is 2.20. The maximum Gasteiger partial charge on any atom is 0.270 e. The first-order chi connectivity index (χ1) is 16.2. The molecule has 1 amide bonds. The molecule has 4 aromatic rings. The topological polar surface area (TPSA) is 85.5 Å². The molecule has 2 N–H and O–H groups in total. The van der Waals surface area contributed by atoms with Crippen LogP contribution in [-0.2, 0) is 4.74 Å². The predicted molar refractivity (Wildman–Crippen MR) is 128 cm³/mol. The summed E-state index contributed by atoms with van der Waals surface area (Å²) in [7, 11) is 1.61. The van der Waals surface area contributed by atoms with Gasteiger partial charge in [0.25, 0.3) is 5.91 Å². The van der Waals surface area contributed by atoms with Crippen LogP contribution in [0.25, 0.3) is 33.1 Å². The molecule has 2 aromatic heterocycles. The van der Waals surface area contributed by atoms with E-state index >= 15 is 0 Å². The van der Waals surface area contributed by atoms with Crippen LogP contribution < -0.4 is 14.8 Å². The molecule has 3 heterocycles. The van der Waals surface area contributed by atoms with E-state index in [0.717, 1.165) is 46.8 Å². The average molecular weight is 446 g/mol. The van der Waals surface area contributed by atoms with Crippen LogP contribution in [0, 0.1) is 0 Å². The van der Waals surface area contributed by atoms with Crippen LogP contribution in [0.2, 0.25) is 0 Å². The number of carbonyl (C=O) groups is 1. The molecule has 1 fully saturated rings. The Balaban J connectivity index is 1.61. The van der Waals surface area contributed by atoms with Crippen LogP contribution in [0.4, 0.5) is 0 Å². The number of nitrogens with zero attached hydrogens (tertiary/aromatic N) is 1. The van der Waals surface area contributed by atoms with Gasteiger partial charge in [-0.25, -0.2) is 4.98 Å². The number of amides is 1. The van der Waals surface area contributed by atoms with Crippen LogP contribution in [-0.4, -0.2) is 48.8 Å². The zero-order chi connectivity index (χ0) is 22.8. The fourth-order valence-corrected chi connectivity index (χ4v) is 4.36. The van der Waals surface area contributed by atoms with Gasteiger partial charge in [0, 0.05) is 35.0 Å². The first-order valence-corrected chi connectivity index (χ1v) is 11.3. The smallest absolute Gasteiger partial charge is 0.270 e. The summed E-state index contributed by atoms with van der Waals surface area (Å²) >= 11 is 0. The molecule has 1 aliphatic heterocycles. The molecule has 170 valence electrons. The van der Waals surface area contributed by atoms with Crippen LogP contribution in [0.1, 0.15) is 30.3 Å². The number of carbonyl (C=O) groups excluding carboxylic acids is 1. The second kappa shape index (κ2) is 9.11. The highest BCUT2D eigenvalue weighted by Crippen LogP contribution is 2.36. The summed E-state index contributed by atoms with van der Waals surface area (Å²) in [6, 6.07) is 15.6. The van der Waals surface area contributed by atoms with Crippen LogP contribution in [0.3, 0.4) is 0 Å². The Morgan fingerprint density at radius 2 is 2.06 bits per heavy atom. The minimum absolute atomic E-state index is 0.0700. The minimum Gasteiger partial charge on any atom is -0.493 e. The SMILES string of the molecule is CCOc1ccc(-c2nc(C(=O)NCC3CCCO3)cc3c2[nH]c2ccccc23)cc1OC. The van der Waals surface area contributed by atoms with E-state index in [-0.39, 0.29) is 12.0 Å². The lowest BCUT2D eigenvalue weighted by molar-refractivity contribution is 0.0854. The largest absolute Gasteiger partial charge is 0.493 e. The number of pyridine rings is 1. The van der Waals surface area contributed by atoms with Gasteiger partial charge in [-0.15, -0.1) is 0 Å². The van der Waals surface area contributed by atoms with Crippen molar-refractivity contribution in [3.63, 3.8) is 0 Å². The number of benzene rings is 2. The summed E-state index contributed by atoms with van der Waals surface area (Å²) < 4.78 is 16.9. The van der Waals surface area contributed by atoms with Crippen molar-refractivity contribution in [2.75, 3.05) is 26.9 Å². The molecule has 1 atom stereocenters. The number of ether oxygens (including phenoxy) is 3. The van der Waals surface area contributed by atoms with E-state index in [1.165, 1.54) is 0 Å².